The van der Waals surface area contributed by atoms with Crippen LogP contribution in [-0.2, 0) is 9.59 Å². The molecule has 1 atom stereocenters. The van der Waals surface area contributed by atoms with Crippen LogP contribution < -0.4 is 15.1 Å². The van der Waals surface area contributed by atoms with Crippen molar-refractivity contribution >= 4 is 23.2 Å². The summed E-state index contributed by atoms with van der Waals surface area (Å²) in [5, 5.41) is 3.07. The van der Waals surface area contributed by atoms with Gasteiger partial charge in [0.25, 0.3) is 0 Å². The number of hydrogen-bond acceptors (Lipinski definition) is 3. The Kier molecular flexibility index (Phi) is 5.11. The maximum Gasteiger partial charge on any atom is 0.229 e. The number of para-hydroxylation sites is 1. The lowest BCUT2D eigenvalue weighted by atomic mass is 10.0. The lowest BCUT2D eigenvalue weighted by molar-refractivity contribution is -0.125. The van der Waals surface area contributed by atoms with Crippen LogP contribution in [0.3, 0.4) is 0 Å². The van der Waals surface area contributed by atoms with Gasteiger partial charge in [-0.15, -0.1) is 0 Å². The van der Waals surface area contributed by atoms with Crippen molar-refractivity contribution in [1.82, 2.24) is 5.32 Å². The largest absolute Gasteiger partial charge is 0.365 e. The van der Waals surface area contributed by atoms with E-state index in [1.807, 2.05) is 17.9 Å². The molecule has 27 heavy (non-hydrogen) atoms. The highest BCUT2D eigenvalue weighted by atomic mass is 16.2. The van der Waals surface area contributed by atoms with Crippen LogP contribution in [0, 0.1) is 12.8 Å². The molecule has 0 aromatic heterocycles. The maximum absolute atomic E-state index is 13.0. The SMILES string of the molecule is Cc1cccc2c1N(C1CC1)CCN2C(=O)CC(C)NC(=O)C1CCCC1. The number of aryl methyl sites for hydroxylation is 1. The number of nitrogens with zero attached hydrogens (tertiary/aromatic N) is 2. The average molecular weight is 370 g/mol. The zero-order chi connectivity index (χ0) is 19.0. The molecule has 2 aliphatic carbocycles. The molecule has 1 heterocycles. The summed E-state index contributed by atoms with van der Waals surface area (Å²) in [4.78, 5) is 29.8. The number of anilines is 2. The molecule has 5 nitrogen and oxygen atoms in total. The van der Waals surface area contributed by atoms with Crippen LogP contribution in [0.2, 0.25) is 0 Å². The van der Waals surface area contributed by atoms with Crippen LogP contribution in [0.1, 0.15) is 57.4 Å². The molecular formula is C22H31N3O2. The van der Waals surface area contributed by atoms with Crippen molar-refractivity contribution < 1.29 is 9.59 Å². The minimum absolute atomic E-state index is 0.108. The van der Waals surface area contributed by atoms with Gasteiger partial charge in [0, 0.05) is 37.5 Å². The van der Waals surface area contributed by atoms with Gasteiger partial charge in [0.05, 0.1) is 11.4 Å². The van der Waals surface area contributed by atoms with Gasteiger partial charge in [-0.1, -0.05) is 25.0 Å². The Bertz CT molecular complexity index is 722. The predicted molar refractivity (Wildman–Crippen MR) is 108 cm³/mol. The Morgan fingerprint density at radius 1 is 1.15 bits per heavy atom. The van der Waals surface area contributed by atoms with Gasteiger partial charge in [-0.2, -0.15) is 0 Å². The van der Waals surface area contributed by atoms with Gasteiger partial charge < -0.3 is 15.1 Å². The van der Waals surface area contributed by atoms with E-state index < -0.39 is 0 Å². The molecule has 1 unspecified atom stereocenters. The fourth-order valence-corrected chi connectivity index (χ4v) is 4.66. The highest BCUT2D eigenvalue weighted by Gasteiger charge is 2.36. The van der Waals surface area contributed by atoms with Gasteiger partial charge in [0.15, 0.2) is 0 Å². The van der Waals surface area contributed by atoms with E-state index in [4.69, 9.17) is 0 Å². The molecule has 4 rings (SSSR count). The molecule has 1 N–H and O–H groups in total. The van der Waals surface area contributed by atoms with Crippen molar-refractivity contribution in [2.24, 2.45) is 5.92 Å². The van der Waals surface area contributed by atoms with Crippen molar-refractivity contribution in [2.45, 2.75) is 70.9 Å². The molecule has 5 heteroatoms. The summed E-state index contributed by atoms with van der Waals surface area (Å²) in [5.74, 6) is 0.382. The third-order valence-corrected chi connectivity index (χ3v) is 6.24. The van der Waals surface area contributed by atoms with Gasteiger partial charge >= 0.3 is 0 Å². The molecule has 3 aliphatic rings. The zero-order valence-corrected chi connectivity index (χ0v) is 16.5. The molecule has 0 bridgehead atoms. The number of hydrogen-bond donors (Lipinski definition) is 1. The average Bonchev–Trinajstić information content (AvgIpc) is 3.33. The number of carbonyl (C=O) groups excluding carboxylic acids is 2. The third kappa shape index (κ3) is 3.83. The van der Waals surface area contributed by atoms with E-state index in [-0.39, 0.29) is 23.8 Å². The van der Waals surface area contributed by atoms with Gasteiger partial charge in [-0.05, 0) is 51.2 Å². The summed E-state index contributed by atoms with van der Waals surface area (Å²) < 4.78 is 0. The molecule has 1 aromatic rings. The highest BCUT2D eigenvalue weighted by Crippen LogP contribution is 2.42. The summed E-state index contributed by atoms with van der Waals surface area (Å²) >= 11 is 0. The fraction of sp³-hybridized carbons (Fsp3) is 0.636. The number of carbonyl (C=O) groups is 2. The van der Waals surface area contributed by atoms with Crippen LogP contribution >= 0.6 is 0 Å². The normalized spacial score (nSPS) is 21.1. The van der Waals surface area contributed by atoms with E-state index in [0.29, 0.717) is 12.5 Å². The number of nitrogens with one attached hydrogen (secondary N) is 1. The third-order valence-electron chi connectivity index (χ3n) is 6.24. The van der Waals surface area contributed by atoms with Gasteiger partial charge in [0.1, 0.15) is 0 Å². The van der Waals surface area contributed by atoms with Crippen molar-refractivity contribution in [1.29, 1.82) is 0 Å². The minimum atomic E-state index is -0.125. The van der Waals surface area contributed by atoms with E-state index in [1.54, 1.807) is 0 Å². The standard InChI is InChI=1S/C22H31N3O2/c1-15-6-5-9-19-21(15)24(18-10-11-18)12-13-25(19)20(26)14-16(2)23-22(27)17-7-3-4-8-17/h5-6,9,16-18H,3-4,7-8,10-14H2,1-2H3,(H,23,27). The lowest BCUT2D eigenvalue weighted by Gasteiger charge is -2.39. The van der Waals surface area contributed by atoms with Gasteiger partial charge in [0.2, 0.25) is 11.8 Å². The van der Waals surface area contributed by atoms with E-state index in [9.17, 15) is 9.59 Å². The fourth-order valence-electron chi connectivity index (χ4n) is 4.66. The van der Waals surface area contributed by atoms with Crippen molar-refractivity contribution in [3.05, 3.63) is 23.8 Å². The first kappa shape index (κ1) is 18.3. The molecule has 0 spiro atoms. The maximum atomic E-state index is 13.0. The molecule has 2 fully saturated rings. The summed E-state index contributed by atoms with van der Waals surface area (Å²) in [6.07, 6.45) is 7.14. The Morgan fingerprint density at radius 3 is 2.59 bits per heavy atom. The second kappa shape index (κ2) is 7.53. The summed E-state index contributed by atoms with van der Waals surface area (Å²) in [5.41, 5.74) is 3.49. The van der Waals surface area contributed by atoms with Crippen LogP contribution in [0.4, 0.5) is 11.4 Å². The number of benzene rings is 1. The summed E-state index contributed by atoms with van der Waals surface area (Å²) in [6, 6.07) is 6.76. The van der Waals surface area contributed by atoms with E-state index in [1.165, 1.54) is 24.1 Å². The monoisotopic (exact) mass is 369 g/mol. The lowest BCUT2D eigenvalue weighted by Crippen LogP contribution is -2.47. The molecule has 1 aromatic carbocycles. The van der Waals surface area contributed by atoms with Crippen molar-refractivity contribution in [2.75, 3.05) is 22.9 Å². The quantitative estimate of drug-likeness (QED) is 0.865. The second-order valence-electron chi connectivity index (χ2n) is 8.51. The highest BCUT2D eigenvalue weighted by molar-refractivity contribution is 5.99. The molecule has 146 valence electrons. The van der Waals surface area contributed by atoms with Crippen molar-refractivity contribution in [3.63, 3.8) is 0 Å². The molecule has 1 aliphatic heterocycles. The molecule has 0 saturated heterocycles. The first-order valence-corrected chi connectivity index (χ1v) is 10.5. The van der Waals surface area contributed by atoms with E-state index in [0.717, 1.165) is 44.5 Å². The Hall–Kier alpha value is -2.04. The van der Waals surface area contributed by atoms with Crippen LogP contribution in [0.25, 0.3) is 0 Å². The molecular weight excluding hydrogens is 338 g/mol. The topological polar surface area (TPSA) is 52.6 Å². The summed E-state index contributed by atoms with van der Waals surface area (Å²) in [6.45, 7) is 5.71. The first-order valence-electron chi connectivity index (χ1n) is 10.5. The second-order valence-corrected chi connectivity index (χ2v) is 8.51. The molecule has 2 saturated carbocycles. The van der Waals surface area contributed by atoms with E-state index in [2.05, 4.69) is 29.3 Å². The zero-order valence-electron chi connectivity index (χ0n) is 16.5. The van der Waals surface area contributed by atoms with Crippen LogP contribution in [-0.4, -0.2) is 37.0 Å². The smallest absolute Gasteiger partial charge is 0.229 e. The Labute approximate surface area is 162 Å². The van der Waals surface area contributed by atoms with Crippen LogP contribution in [0.15, 0.2) is 18.2 Å². The summed E-state index contributed by atoms with van der Waals surface area (Å²) in [7, 11) is 0. The number of rotatable bonds is 5. The van der Waals surface area contributed by atoms with Gasteiger partial charge in [-0.25, -0.2) is 0 Å². The Balaban J connectivity index is 1.43. The number of fused-ring (bicyclic) bond motifs is 1. The van der Waals surface area contributed by atoms with Gasteiger partial charge in [-0.3, -0.25) is 9.59 Å². The minimum Gasteiger partial charge on any atom is -0.365 e. The van der Waals surface area contributed by atoms with Crippen LogP contribution in [0.5, 0.6) is 0 Å². The van der Waals surface area contributed by atoms with Crippen molar-refractivity contribution in [3.8, 4) is 0 Å². The van der Waals surface area contributed by atoms with E-state index >= 15 is 0 Å². The first-order chi connectivity index (χ1) is 13.0. The number of amides is 2. The predicted octanol–water partition coefficient (Wildman–Crippen LogP) is 3.40. The molecule has 2 amide bonds. The Morgan fingerprint density at radius 2 is 1.89 bits per heavy atom. The molecule has 0 radical (unpaired) electrons.